The molecule has 1 N–H and O–H groups in total. The molecule has 1 aliphatic heterocycles. The zero-order valence-corrected chi connectivity index (χ0v) is 19.7. The second kappa shape index (κ2) is 10.8. The summed E-state index contributed by atoms with van der Waals surface area (Å²) in [7, 11) is 0. The zero-order valence-electron chi connectivity index (χ0n) is 19.7. The van der Waals surface area contributed by atoms with Crippen LogP contribution in [-0.4, -0.2) is 42.0 Å². The van der Waals surface area contributed by atoms with E-state index in [-0.39, 0.29) is 36.9 Å². The van der Waals surface area contributed by atoms with Crippen molar-refractivity contribution in [3.8, 4) is 16.9 Å². The number of aliphatic hydroxyl groups excluding tert-OH is 1. The molecular formula is C30H28O6. The Morgan fingerprint density at radius 1 is 0.972 bits per heavy atom. The van der Waals surface area contributed by atoms with Crippen molar-refractivity contribution in [1.82, 2.24) is 0 Å². The molecule has 6 heteroatoms. The number of hydrogen-bond donors (Lipinski definition) is 1. The van der Waals surface area contributed by atoms with Crippen LogP contribution in [0.3, 0.4) is 0 Å². The van der Waals surface area contributed by atoms with Gasteiger partial charge in [-0.3, -0.25) is 4.79 Å². The maximum atomic E-state index is 13.0. The number of hydrogen-bond acceptors (Lipinski definition) is 6. The Kier molecular flexibility index (Phi) is 7.14. The summed E-state index contributed by atoms with van der Waals surface area (Å²) in [5.41, 5.74) is 2.55. The third kappa shape index (κ3) is 5.50. The maximum absolute atomic E-state index is 13.0. The molecule has 1 heterocycles. The van der Waals surface area contributed by atoms with Crippen molar-refractivity contribution in [1.29, 1.82) is 0 Å². The van der Waals surface area contributed by atoms with Gasteiger partial charge in [-0.1, -0.05) is 72.8 Å². The minimum Gasteiger partial charge on any atom is -0.491 e. The Morgan fingerprint density at radius 2 is 1.64 bits per heavy atom. The zero-order chi connectivity index (χ0) is 24.9. The molecule has 1 aliphatic carbocycles. The lowest BCUT2D eigenvalue weighted by Gasteiger charge is -2.20. The Morgan fingerprint density at radius 3 is 2.36 bits per heavy atom. The van der Waals surface area contributed by atoms with Crippen molar-refractivity contribution in [2.75, 3.05) is 6.61 Å². The Hall–Kier alpha value is -3.90. The molecule has 1 saturated heterocycles. The molecule has 0 aromatic heterocycles. The van der Waals surface area contributed by atoms with E-state index < -0.39 is 18.2 Å². The first-order chi connectivity index (χ1) is 17.6. The minimum atomic E-state index is -0.843. The van der Waals surface area contributed by atoms with E-state index in [1.807, 2.05) is 78.9 Å². The van der Waals surface area contributed by atoms with Gasteiger partial charge in [0, 0.05) is 18.3 Å². The first-order valence-electron chi connectivity index (χ1n) is 12.2. The van der Waals surface area contributed by atoms with Crippen molar-refractivity contribution in [2.45, 2.75) is 31.2 Å². The molecule has 1 unspecified atom stereocenters. The number of carbonyl (C=O) groups excluding carboxylic acids is 2. The molecule has 0 amide bonds. The van der Waals surface area contributed by atoms with Gasteiger partial charge in [-0.25, -0.2) is 4.79 Å². The normalized spacial score (nSPS) is 23.8. The lowest BCUT2D eigenvalue weighted by Crippen LogP contribution is -2.25. The predicted molar refractivity (Wildman–Crippen MR) is 134 cm³/mol. The highest BCUT2D eigenvalue weighted by molar-refractivity contribution is 5.90. The van der Waals surface area contributed by atoms with E-state index in [1.165, 1.54) is 0 Å². The van der Waals surface area contributed by atoms with E-state index in [4.69, 9.17) is 14.2 Å². The van der Waals surface area contributed by atoms with Gasteiger partial charge in [0.25, 0.3) is 0 Å². The highest BCUT2D eigenvalue weighted by Gasteiger charge is 2.50. The second-order valence-electron chi connectivity index (χ2n) is 9.17. The SMILES string of the molecule is O=C1C[C@@H]2[C@@H](/C=C/C(O)COc3ccccc3)[C@H](OC(=O)c3ccc(-c4ccccc4)cc3)C[C@@H]2O1. The highest BCUT2D eigenvalue weighted by atomic mass is 16.6. The average molecular weight is 485 g/mol. The first-order valence-corrected chi connectivity index (χ1v) is 12.2. The standard InChI is InChI=1S/C30H28O6/c31-23(19-34-24-9-5-2-6-10-24)15-16-25-26-17-29(32)35-28(26)18-27(25)36-30(33)22-13-11-21(12-14-22)20-7-3-1-4-8-20/h1-16,23,25-28,31H,17-19H2/b16-15+/t23?,25-,26-,27-,28+/m1/s1. The number of benzene rings is 3. The molecule has 3 aromatic rings. The van der Waals surface area contributed by atoms with Gasteiger partial charge in [-0.05, 0) is 35.4 Å². The molecular weight excluding hydrogens is 456 g/mol. The van der Waals surface area contributed by atoms with Crippen molar-refractivity contribution in [3.05, 3.63) is 103 Å². The van der Waals surface area contributed by atoms with E-state index in [2.05, 4.69) is 0 Å². The van der Waals surface area contributed by atoms with Crippen LogP contribution in [0.25, 0.3) is 11.1 Å². The number of carbonyl (C=O) groups is 2. The molecule has 36 heavy (non-hydrogen) atoms. The number of ether oxygens (including phenoxy) is 3. The Balaban J connectivity index is 1.24. The summed E-state index contributed by atoms with van der Waals surface area (Å²) in [5.74, 6) is -0.310. The van der Waals surface area contributed by atoms with Gasteiger partial charge in [0.05, 0.1) is 12.0 Å². The fourth-order valence-corrected chi connectivity index (χ4v) is 4.94. The summed E-state index contributed by atoms with van der Waals surface area (Å²) in [6.45, 7) is 0.0922. The summed E-state index contributed by atoms with van der Waals surface area (Å²) < 4.78 is 17.0. The third-order valence-electron chi connectivity index (χ3n) is 6.76. The van der Waals surface area contributed by atoms with Gasteiger partial charge in [0.15, 0.2) is 0 Å². The van der Waals surface area contributed by atoms with Crippen LogP contribution in [0.1, 0.15) is 23.2 Å². The maximum Gasteiger partial charge on any atom is 0.338 e. The third-order valence-corrected chi connectivity index (χ3v) is 6.76. The van der Waals surface area contributed by atoms with Crippen LogP contribution in [0, 0.1) is 11.8 Å². The van der Waals surface area contributed by atoms with E-state index in [1.54, 1.807) is 18.2 Å². The van der Waals surface area contributed by atoms with Crippen LogP contribution >= 0.6 is 0 Å². The first kappa shape index (κ1) is 23.8. The van der Waals surface area contributed by atoms with Crippen LogP contribution in [0.15, 0.2) is 97.1 Å². The smallest absolute Gasteiger partial charge is 0.338 e. The fourth-order valence-electron chi connectivity index (χ4n) is 4.94. The molecule has 6 nitrogen and oxygen atoms in total. The van der Waals surface area contributed by atoms with Crippen LogP contribution < -0.4 is 4.74 Å². The van der Waals surface area contributed by atoms with Gasteiger partial charge in [0.1, 0.15) is 30.7 Å². The van der Waals surface area contributed by atoms with Crippen LogP contribution in [0.5, 0.6) is 5.75 Å². The van der Waals surface area contributed by atoms with Crippen molar-refractivity contribution >= 4 is 11.9 Å². The van der Waals surface area contributed by atoms with Crippen molar-refractivity contribution in [3.63, 3.8) is 0 Å². The summed E-state index contributed by atoms with van der Waals surface area (Å²) in [4.78, 5) is 24.8. The van der Waals surface area contributed by atoms with Gasteiger partial charge in [-0.15, -0.1) is 0 Å². The second-order valence-corrected chi connectivity index (χ2v) is 9.17. The topological polar surface area (TPSA) is 82.1 Å². The highest BCUT2D eigenvalue weighted by Crippen LogP contribution is 2.43. The van der Waals surface area contributed by atoms with Crippen LogP contribution in [-0.2, 0) is 14.3 Å². The van der Waals surface area contributed by atoms with Crippen molar-refractivity contribution < 1.29 is 28.9 Å². The number of rotatable bonds is 8. The minimum absolute atomic E-state index is 0.0887. The van der Waals surface area contributed by atoms with E-state index in [0.717, 1.165) is 11.1 Å². The molecule has 5 rings (SSSR count). The fraction of sp³-hybridized carbons (Fsp3) is 0.267. The monoisotopic (exact) mass is 484 g/mol. The van der Waals surface area contributed by atoms with Crippen LogP contribution in [0.2, 0.25) is 0 Å². The number of esters is 2. The van der Waals surface area contributed by atoms with Gasteiger partial charge in [-0.2, -0.15) is 0 Å². The quantitative estimate of drug-likeness (QED) is 0.364. The Labute approximate surface area is 210 Å². The molecule has 184 valence electrons. The number of para-hydroxylation sites is 1. The molecule has 0 radical (unpaired) electrons. The summed E-state index contributed by atoms with van der Waals surface area (Å²) in [5, 5.41) is 10.4. The summed E-state index contributed by atoms with van der Waals surface area (Å²) in [6, 6.07) is 26.5. The van der Waals surface area contributed by atoms with Gasteiger partial charge in [0.2, 0.25) is 0 Å². The predicted octanol–water partition coefficient (Wildman–Crippen LogP) is 4.83. The summed E-state index contributed by atoms with van der Waals surface area (Å²) in [6.07, 6.45) is 2.61. The number of fused-ring (bicyclic) bond motifs is 1. The van der Waals surface area contributed by atoms with Crippen molar-refractivity contribution in [2.24, 2.45) is 11.8 Å². The molecule has 0 bridgehead atoms. The molecule has 2 aliphatic rings. The Bertz CT molecular complexity index is 1210. The lowest BCUT2D eigenvalue weighted by atomic mass is 9.91. The molecule has 5 atom stereocenters. The van der Waals surface area contributed by atoms with Gasteiger partial charge >= 0.3 is 11.9 Å². The van der Waals surface area contributed by atoms with E-state index in [0.29, 0.717) is 17.7 Å². The molecule has 2 fully saturated rings. The van der Waals surface area contributed by atoms with Crippen LogP contribution in [0.4, 0.5) is 0 Å². The molecule has 1 saturated carbocycles. The summed E-state index contributed by atoms with van der Waals surface area (Å²) >= 11 is 0. The molecule has 3 aromatic carbocycles. The van der Waals surface area contributed by atoms with E-state index in [9.17, 15) is 14.7 Å². The van der Waals surface area contributed by atoms with Gasteiger partial charge < -0.3 is 19.3 Å². The lowest BCUT2D eigenvalue weighted by molar-refractivity contribution is -0.141. The largest absolute Gasteiger partial charge is 0.491 e. The molecule has 0 spiro atoms. The average Bonchev–Trinajstić information content (AvgIpc) is 3.42. The van der Waals surface area contributed by atoms with E-state index >= 15 is 0 Å². The number of aliphatic hydroxyl groups is 1.